The molecule has 1 aromatic rings. The summed E-state index contributed by atoms with van der Waals surface area (Å²) in [5.41, 5.74) is 3.53. The van der Waals surface area contributed by atoms with E-state index in [9.17, 15) is 4.79 Å². The highest BCUT2D eigenvalue weighted by atomic mass is 79.9. The van der Waals surface area contributed by atoms with Gasteiger partial charge in [-0.15, -0.1) is 0 Å². The van der Waals surface area contributed by atoms with Crippen molar-refractivity contribution in [2.45, 2.75) is 39.8 Å². The van der Waals surface area contributed by atoms with Crippen LogP contribution in [-0.2, 0) is 16.1 Å². The third kappa shape index (κ3) is 3.37. The predicted octanol–water partition coefficient (Wildman–Crippen LogP) is 3.20. The normalized spacial score (nSPS) is 17.9. The number of hydrogen-bond donors (Lipinski definition) is 0. The van der Waals surface area contributed by atoms with Crippen molar-refractivity contribution in [2.75, 3.05) is 13.1 Å². The highest BCUT2D eigenvalue weighted by Crippen LogP contribution is 2.28. The molecule has 0 radical (unpaired) electrons. The zero-order chi connectivity index (χ0) is 14.2. The lowest BCUT2D eigenvalue weighted by Gasteiger charge is -2.46. The van der Waals surface area contributed by atoms with E-state index in [4.69, 9.17) is 4.74 Å². The maximum atomic E-state index is 11.0. The largest absolute Gasteiger partial charge is 0.457 e. The molecule has 0 amide bonds. The number of benzene rings is 1. The average molecular weight is 326 g/mol. The van der Waals surface area contributed by atoms with Gasteiger partial charge in [0.25, 0.3) is 0 Å². The fourth-order valence-corrected chi connectivity index (χ4v) is 3.04. The Morgan fingerprint density at radius 2 is 1.89 bits per heavy atom. The molecule has 0 saturated carbocycles. The van der Waals surface area contributed by atoms with E-state index in [1.165, 1.54) is 28.1 Å². The first-order chi connectivity index (χ1) is 8.79. The van der Waals surface area contributed by atoms with Gasteiger partial charge in [0, 0.05) is 31.0 Å². The van der Waals surface area contributed by atoms with Crippen LogP contribution in [0.2, 0.25) is 0 Å². The molecular formula is C15H20BrNO2. The molecular weight excluding hydrogens is 306 g/mol. The molecule has 0 atom stereocenters. The van der Waals surface area contributed by atoms with Gasteiger partial charge in [0.15, 0.2) is 0 Å². The van der Waals surface area contributed by atoms with Crippen molar-refractivity contribution in [1.82, 2.24) is 4.90 Å². The minimum absolute atomic E-state index is 0.197. The second kappa shape index (κ2) is 5.25. The minimum atomic E-state index is -0.300. The number of hydrogen-bond acceptors (Lipinski definition) is 3. The van der Waals surface area contributed by atoms with Crippen LogP contribution in [0.5, 0.6) is 0 Å². The first-order valence-corrected chi connectivity index (χ1v) is 7.26. The van der Waals surface area contributed by atoms with E-state index in [1.54, 1.807) is 0 Å². The highest BCUT2D eigenvalue weighted by Gasteiger charge is 2.41. The van der Waals surface area contributed by atoms with Crippen LogP contribution in [0.4, 0.5) is 0 Å². The number of nitrogens with zero attached hydrogens (tertiary/aromatic N) is 1. The Morgan fingerprint density at radius 1 is 1.37 bits per heavy atom. The molecule has 3 nitrogen and oxygen atoms in total. The van der Waals surface area contributed by atoms with Crippen molar-refractivity contribution in [3.63, 3.8) is 0 Å². The van der Waals surface area contributed by atoms with E-state index in [0.29, 0.717) is 0 Å². The fraction of sp³-hybridized carbons (Fsp3) is 0.533. The van der Waals surface area contributed by atoms with Crippen LogP contribution in [0.3, 0.4) is 0 Å². The van der Waals surface area contributed by atoms with Gasteiger partial charge in [-0.25, -0.2) is 0 Å². The van der Waals surface area contributed by atoms with Crippen molar-refractivity contribution >= 4 is 21.9 Å². The van der Waals surface area contributed by atoms with Gasteiger partial charge in [-0.3, -0.25) is 9.69 Å². The minimum Gasteiger partial charge on any atom is -0.457 e. The summed E-state index contributed by atoms with van der Waals surface area (Å²) in [6.45, 7) is 10.2. The van der Waals surface area contributed by atoms with Gasteiger partial charge in [-0.05, 0) is 37.5 Å². The molecule has 2 rings (SSSR count). The van der Waals surface area contributed by atoms with Crippen molar-refractivity contribution in [1.29, 1.82) is 0 Å². The Hall–Kier alpha value is -0.870. The van der Waals surface area contributed by atoms with Crippen LogP contribution in [0.15, 0.2) is 16.6 Å². The molecule has 4 heteroatoms. The van der Waals surface area contributed by atoms with Gasteiger partial charge in [0.1, 0.15) is 5.60 Å². The molecule has 0 spiro atoms. The van der Waals surface area contributed by atoms with Crippen LogP contribution in [0.1, 0.15) is 30.5 Å². The summed E-state index contributed by atoms with van der Waals surface area (Å²) < 4.78 is 6.50. The van der Waals surface area contributed by atoms with Crippen molar-refractivity contribution in [3.8, 4) is 0 Å². The molecule has 1 saturated heterocycles. The van der Waals surface area contributed by atoms with E-state index >= 15 is 0 Å². The molecule has 19 heavy (non-hydrogen) atoms. The Balaban J connectivity index is 1.96. The summed E-state index contributed by atoms with van der Waals surface area (Å²) in [5, 5.41) is 0. The molecule has 1 aliphatic rings. The zero-order valence-corrected chi connectivity index (χ0v) is 13.5. The maximum Gasteiger partial charge on any atom is 0.303 e. The van der Waals surface area contributed by atoms with Crippen LogP contribution < -0.4 is 0 Å². The number of esters is 1. The number of carbonyl (C=O) groups excluding carboxylic acids is 1. The van der Waals surface area contributed by atoms with Crippen LogP contribution in [-0.4, -0.2) is 29.6 Å². The first-order valence-electron chi connectivity index (χ1n) is 6.47. The quantitative estimate of drug-likeness (QED) is 0.799. The van der Waals surface area contributed by atoms with Gasteiger partial charge < -0.3 is 4.74 Å². The Morgan fingerprint density at radius 3 is 2.37 bits per heavy atom. The molecule has 0 bridgehead atoms. The van der Waals surface area contributed by atoms with Crippen LogP contribution >= 0.6 is 15.9 Å². The molecule has 0 N–H and O–H groups in total. The number of halogens is 1. The number of likely N-dealkylation sites (tertiary alicyclic amines) is 1. The van der Waals surface area contributed by atoms with Gasteiger partial charge in [0.2, 0.25) is 0 Å². The summed E-state index contributed by atoms with van der Waals surface area (Å²) in [4.78, 5) is 13.3. The fourth-order valence-electron chi connectivity index (χ4n) is 2.81. The predicted molar refractivity (Wildman–Crippen MR) is 79.1 cm³/mol. The van der Waals surface area contributed by atoms with Crippen molar-refractivity contribution in [3.05, 3.63) is 33.3 Å². The third-order valence-corrected chi connectivity index (χ3v) is 4.66. The second-order valence-corrected chi connectivity index (χ2v) is 6.53. The Labute approximate surface area is 123 Å². The van der Waals surface area contributed by atoms with E-state index in [2.05, 4.69) is 46.8 Å². The molecule has 1 heterocycles. The van der Waals surface area contributed by atoms with E-state index in [0.717, 1.165) is 19.6 Å². The van der Waals surface area contributed by atoms with Gasteiger partial charge in [-0.1, -0.05) is 28.1 Å². The molecule has 104 valence electrons. The molecule has 0 aromatic heterocycles. The lowest BCUT2D eigenvalue weighted by Crippen LogP contribution is -2.61. The molecule has 1 aromatic carbocycles. The third-order valence-electron chi connectivity index (χ3n) is 3.41. The second-order valence-electron chi connectivity index (χ2n) is 5.73. The SMILES string of the molecule is CC(=O)OC1(C)CN(Cc2cc(C)c(Br)c(C)c2)C1. The number of aryl methyl sites for hydroxylation is 2. The number of ether oxygens (including phenoxy) is 1. The zero-order valence-electron chi connectivity index (χ0n) is 11.9. The van der Waals surface area contributed by atoms with Crippen molar-refractivity contribution < 1.29 is 9.53 Å². The lowest BCUT2D eigenvalue weighted by molar-refractivity contribution is -0.174. The average Bonchev–Trinajstić information content (AvgIpc) is 2.22. The van der Waals surface area contributed by atoms with Gasteiger partial charge in [0.05, 0.1) is 0 Å². The Bertz CT molecular complexity index is 484. The first kappa shape index (κ1) is 14.5. The number of rotatable bonds is 3. The smallest absolute Gasteiger partial charge is 0.303 e. The van der Waals surface area contributed by atoms with E-state index in [-0.39, 0.29) is 11.6 Å². The summed E-state index contributed by atoms with van der Waals surface area (Å²) in [7, 11) is 0. The maximum absolute atomic E-state index is 11.0. The topological polar surface area (TPSA) is 29.5 Å². The van der Waals surface area contributed by atoms with Gasteiger partial charge >= 0.3 is 5.97 Å². The molecule has 0 unspecified atom stereocenters. The standard InChI is InChI=1S/C15H20BrNO2/c1-10-5-13(6-11(2)14(10)16)7-17-8-15(4,9-17)19-12(3)18/h5-6H,7-9H2,1-4H3. The highest BCUT2D eigenvalue weighted by molar-refractivity contribution is 9.10. The van der Waals surface area contributed by atoms with E-state index < -0.39 is 0 Å². The summed E-state index contributed by atoms with van der Waals surface area (Å²) in [5.74, 6) is -0.197. The Kier molecular flexibility index (Phi) is 4.02. The van der Waals surface area contributed by atoms with Crippen LogP contribution in [0, 0.1) is 13.8 Å². The van der Waals surface area contributed by atoms with Crippen molar-refractivity contribution in [2.24, 2.45) is 0 Å². The monoisotopic (exact) mass is 325 g/mol. The molecule has 1 aliphatic heterocycles. The van der Waals surface area contributed by atoms with E-state index in [1.807, 2.05) is 6.92 Å². The van der Waals surface area contributed by atoms with Gasteiger partial charge in [-0.2, -0.15) is 0 Å². The number of carbonyl (C=O) groups is 1. The summed E-state index contributed by atoms with van der Waals surface area (Å²) in [6.07, 6.45) is 0. The lowest BCUT2D eigenvalue weighted by atomic mass is 9.95. The van der Waals surface area contributed by atoms with Crippen LogP contribution in [0.25, 0.3) is 0 Å². The molecule has 0 aliphatic carbocycles. The summed E-state index contributed by atoms with van der Waals surface area (Å²) in [6, 6.07) is 4.41. The summed E-state index contributed by atoms with van der Waals surface area (Å²) >= 11 is 3.58. The molecule has 1 fully saturated rings.